The van der Waals surface area contributed by atoms with Gasteiger partial charge in [-0.1, -0.05) is 81.5 Å². The third-order valence-corrected chi connectivity index (χ3v) is 7.28. The highest BCUT2D eigenvalue weighted by atomic mass is 35.5. The van der Waals surface area contributed by atoms with Crippen molar-refractivity contribution >= 4 is 40.9 Å². The van der Waals surface area contributed by atoms with Crippen LogP contribution in [0.4, 0.5) is 5.69 Å². The van der Waals surface area contributed by atoms with Crippen LogP contribution in [0.3, 0.4) is 0 Å². The quantitative estimate of drug-likeness (QED) is 0.336. The Kier molecular flexibility index (Phi) is 7.71. The van der Waals surface area contributed by atoms with E-state index in [1.54, 1.807) is 30.3 Å². The maximum atomic E-state index is 11.3. The molecule has 1 aliphatic carbocycles. The highest BCUT2D eigenvalue weighted by molar-refractivity contribution is 6.35. The van der Waals surface area contributed by atoms with E-state index in [1.165, 1.54) is 0 Å². The Balaban J connectivity index is 1.73. The average Bonchev–Trinajstić information content (AvgIpc) is 3.31. The van der Waals surface area contributed by atoms with Crippen LogP contribution >= 0.6 is 23.2 Å². The van der Waals surface area contributed by atoms with Crippen molar-refractivity contribution in [2.24, 2.45) is 5.41 Å². The van der Waals surface area contributed by atoms with Gasteiger partial charge in [0.15, 0.2) is 5.82 Å². The summed E-state index contributed by atoms with van der Waals surface area (Å²) in [5, 5.41) is 27.2. The second kappa shape index (κ2) is 10.6. The molecule has 36 heavy (non-hydrogen) atoms. The minimum atomic E-state index is -0.946. The van der Waals surface area contributed by atoms with Gasteiger partial charge < -0.3 is 10.4 Å². The lowest BCUT2D eigenvalue weighted by atomic mass is 9.79. The number of halogens is 2. The Morgan fingerprint density at radius 1 is 1.11 bits per heavy atom. The number of tetrazole rings is 1. The number of aromatic carboxylic acids is 1. The summed E-state index contributed by atoms with van der Waals surface area (Å²) in [5.74, 6) is -0.172. The molecule has 1 fully saturated rings. The predicted molar refractivity (Wildman–Crippen MR) is 144 cm³/mol. The number of carbonyl (C=O) groups is 1. The van der Waals surface area contributed by atoms with E-state index in [0.29, 0.717) is 10.0 Å². The normalized spacial score (nSPS) is 16.7. The molecule has 0 bridgehead atoms. The molecule has 0 saturated heterocycles. The summed E-state index contributed by atoms with van der Waals surface area (Å²) in [6.07, 6.45) is 9.07. The number of aromatic nitrogens is 4. The van der Waals surface area contributed by atoms with E-state index in [0.717, 1.165) is 49.2 Å². The first kappa shape index (κ1) is 26.2. The summed E-state index contributed by atoms with van der Waals surface area (Å²) in [7, 11) is 0. The number of nitrogens with one attached hydrogen (secondary N) is 1. The van der Waals surface area contributed by atoms with Crippen molar-refractivity contribution in [2.75, 3.05) is 5.32 Å². The van der Waals surface area contributed by atoms with Crippen LogP contribution in [0.5, 0.6) is 0 Å². The van der Waals surface area contributed by atoms with Crippen molar-refractivity contribution in [3.63, 3.8) is 0 Å². The Morgan fingerprint density at radius 3 is 2.42 bits per heavy atom. The zero-order valence-electron chi connectivity index (χ0n) is 20.7. The van der Waals surface area contributed by atoms with Gasteiger partial charge in [-0.15, -0.1) is 5.10 Å². The molecule has 0 radical (unpaired) electrons. The molecule has 0 aliphatic heterocycles. The number of rotatable bonds is 7. The van der Waals surface area contributed by atoms with Crippen LogP contribution in [-0.2, 0) is 5.54 Å². The molecule has 7 nitrogen and oxygen atoms in total. The monoisotopic (exact) mass is 527 g/mol. The van der Waals surface area contributed by atoms with Crippen molar-refractivity contribution < 1.29 is 9.90 Å². The molecule has 1 aromatic heterocycles. The lowest BCUT2D eigenvalue weighted by molar-refractivity contribution is 0.0697. The predicted octanol–water partition coefficient (Wildman–Crippen LogP) is 7.25. The van der Waals surface area contributed by atoms with E-state index in [-0.39, 0.29) is 17.0 Å². The van der Waals surface area contributed by atoms with Gasteiger partial charge >= 0.3 is 5.97 Å². The number of benzene rings is 2. The summed E-state index contributed by atoms with van der Waals surface area (Å²) in [6.45, 7) is 6.47. The molecule has 0 amide bonds. The third-order valence-electron chi connectivity index (χ3n) is 6.71. The van der Waals surface area contributed by atoms with Gasteiger partial charge in [-0.2, -0.15) is 0 Å². The average molecular weight is 528 g/mol. The van der Waals surface area contributed by atoms with Crippen LogP contribution < -0.4 is 5.32 Å². The summed E-state index contributed by atoms with van der Waals surface area (Å²) < 4.78 is 1.92. The molecule has 1 saturated carbocycles. The van der Waals surface area contributed by atoms with Crippen molar-refractivity contribution in [3.05, 3.63) is 75.5 Å². The van der Waals surface area contributed by atoms with Crippen molar-refractivity contribution in [1.82, 2.24) is 20.2 Å². The fourth-order valence-electron chi connectivity index (χ4n) is 4.80. The SMILES string of the molecule is CC(C)(C)C(C=Cc1ccc(Cl)cc1Cl)n1nnnc1C1(Nc2ccc(C(=O)O)cc2)CCCCC1. The first-order chi connectivity index (χ1) is 17.1. The molecule has 190 valence electrons. The summed E-state index contributed by atoms with van der Waals surface area (Å²) >= 11 is 12.5. The highest BCUT2D eigenvalue weighted by Crippen LogP contribution is 2.42. The minimum absolute atomic E-state index is 0.149. The first-order valence-corrected chi connectivity index (χ1v) is 12.9. The number of anilines is 1. The molecular weight excluding hydrogens is 497 g/mol. The zero-order chi connectivity index (χ0) is 25.9. The smallest absolute Gasteiger partial charge is 0.335 e. The van der Waals surface area contributed by atoms with Crippen molar-refractivity contribution in [3.8, 4) is 0 Å². The maximum Gasteiger partial charge on any atom is 0.335 e. The van der Waals surface area contributed by atoms with Gasteiger partial charge in [0.05, 0.1) is 17.1 Å². The second-order valence-corrected chi connectivity index (χ2v) is 11.3. The Hall–Kier alpha value is -2.90. The molecule has 0 spiro atoms. The summed E-state index contributed by atoms with van der Waals surface area (Å²) in [5.41, 5.74) is 1.29. The topological polar surface area (TPSA) is 92.9 Å². The Morgan fingerprint density at radius 2 is 1.81 bits per heavy atom. The van der Waals surface area contributed by atoms with Crippen LogP contribution in [-0.4, -0.2) is 31.3 Å². The van der Waals surface area contributed by atoms with E-state index >= 15 is 0 Å². The fourth-order valence-corrected chi connectivity index (χ4v) is 5.27. The largest absolute Gasteiger partial charge is 0.478 e. The number of nitrogens with zero attached hydrogens (tertiary/aromatic N) is 4. The number of hydrogen-bond donors (Lipinski definition) is 2. The molecular formula is C27H31Cl2N5O2. The van der Waals surface area contributed by atoms with E-state index in [9.17, 15) is 9.90 Å². The molecule has 1 atom stereocenters. The van der Waals surface area contributed by atoms with Crippen LogP contribution in [0.2, 0.25) is 10.0 Å². The van der Waals surface area contributed by atoms with Crippen LogP contribution in [0, 0.1) is 5.41 Å². The van der Waals surface area contributed by atoms with Gasteiger partial charge in [0.2, 0.25) is 0 Å². The molecule has 4 rings (SSSR count). The summed E-state index contributed by atoms with van der Waals surface area (Å²) in [6, 6.07) is 12.1. The Labute approximate surface area is 221 Å². The van der Waals surface area contributed by atoms with E-state index in [1.807, 2.05) is 22.9 Å². The maximum absolute atomic E-state index is 11.3. The zero-order valence-corrected chi connectivity index (χ0v) is 22.2. The van der Waals surface area contributed by atoms with Gasteiger partial charge in [0, 0.05) is 15.7 Å². The van der Waals surface area contributed by atoms with Crippen molar-refractivity contribution in [1.29, 1.82) is 0 Å². The lowest BCUT2D eigenvalue weighted by Gasteiger charge is -2.39. The van der Waals surface area contributed by atoms with Gasteiger partial charge in [-0.05, 0) is 70.6 Å². The van der Waals surface area contributed by atoms with Crippen LogP contribution in [0.15, 0.2) is 48.5 Å². The fraction of sp³-hybridized carbons (Fsp3) is 0.407. The van der Waals surface area contributed by atoms with Gasteiger partial charge in [0.25, 0.3) is 0 Å². The molecule has 2 N–H and O–H groups in total. The number of carboxylic acids is 1. The van der Waals surface area contributed by atoms with E-state index < -0.39 is 11.5 Å². The summed E-state index contributed by atoms with van der Waals surface area (Å²) in [4.78, 5) is 11.3. The third kappa shape index (κ3) is 5.73. The first-order valence-electron chi connectivity index (χ1n) is 12.1. The molecule has 3 aromatic rings. The van der Waals surface area contributed by atoms with E-state index in [2.05, 4.69) is 47.7 Å². The standard InChI is InChI=1S/C27H31Cl2N5O2/c1-26(2,3)23(14-10-18-7-11-20(28)17-22(18)29)34-25(31-32-33-34)27(15-5-4-6-16-27)30-21-12-8-19(9-13-21)24(35)36/h7-14,17,23,30H,4-6,15-16H2,1-3H3,(H,35,36). The molecule has 1 aliphatic rings. The van der Waals surface area contributed by atoms with Gasteiger partial charge in [0.1, 0.15) is 0 Å². The minimum Gasteiger partial charge on any atom is -0.478 e. The molecule has 1 unspecified atom stereocenters. The van der Waals surface area contributed by atoms with Gasteiger partial charge in [-0.3, -0.25) is 0 Å². The van der Waals surface area contributed by atoms with Crippen LogP contribution in [0.25, 0.3) is 6.08 Å². The lowest BCUT2D eigenvalue weighted by Crippen LogP contribution is -2.42. The molecule has 1 heterocycles. The number of allylic oxidation sites excluding steroid dienone is 1. The molecule has 9 heteroatoms. The molecule has 2 aromatic carbocycles. The number of carboxylic acid groups (broad SMARTS) is 1. The van der Waals surface area contributed by atoms with Crippen molar-refractivity contribution in [2.45, 2.75) is 64.5 Å². The number of hydrogen-bond acceptors (Lipinski definition) is 5. The highest BCUT2D eigenvalue weighted by Gasteiger charge is 2.41. The van der Waals surface area contributed by atoms with Gasteiger partial charge in [-0.25, -0.2) is 9.48 Å². The second-order valence-electron chi connectivity index (χ2n) is 10.4. The Bertz CT molecular complexity index is 1240. The van der Waals surface area contributed by atoms with E-state index in [4.69, 9.17) is 23.2 Å². The van der Waals surface area contributed by atoms with Crippen LogP contribution in [0.1, 0.15) is 80.7 Å².